The van der Waals surface area contributed by atoms with Crippen molar-refractivity contribution in [1.29, 1.82) is 0 Å². The van der Waals surface area contributed by atoms with Crippen molar-refractivity contribution in [3.8, 4) is 0 Å². The molecule has 1 saturated heterocycles. The summed E-state index contributed by atoms with van der Waals surface area (Å²) in [5, 5.41) is 19.0. The van der Waals surface area contributed by atoms with Gasteiger partial charge < -0.3 is 10.4 Å². The highest BCUT2D eigenvalue weighted by molar-refractivity contribution is 5.76. The van der Waals surface area contributed by atoms with E-state index in [1.165, 1.54) is 11.3 Å². The van der Waals surface area contributed by atoms with Gasteiger partial charge in [0.05, 0.1) is 11.7 Å². The molecular formula is C24H45N5O2. The number of hydrogen-bond donors (Lipinski definition) is 2. The topological polar surface area (TPSA) is 73.6 Å². The Balaban J connectivity index is 2.18. The Hall–Kier alpha value is -1.44. The van der Waals surface area contributed by atoms with Crippen molar-refractivity contribution in [3.63, 3.8) is 0 Å². The first-order valence-corrected chi connectivity index (χ1v) is 12.2. The Morgan fingerprint density at radius 2 is 1.87 bits per heavy atom. The van der Waals surface area contributed by atoms with E-state index in [9.17, 15) is 9.90 Å². The Bertz CT molecular complexity index is 688. The molecule has 0 spiro atoms. The number of unbranched alkanes of at least 4 members (excludes halogenated alkanes) is 1. The van der Waals surface area contributed by atoms with E-state index in [2.05, 4.69) is 61.3 Å². The first-order valence-electron chi connectivity index (χ1n) is 12.2. The van der Waals surface area contributed by atoms with E-state index >= 15 is 0 Å². The summed E-state index contributed by atoms with van der Waals surface area (Å²) in [6.45, 7) is 17.8. The van der Waals surface area contributed by atoms with Gasteiger partial charge in [-0.25, -0.2) is 0 Å². The van der Waals surface area contributed by atoms with E-state index in [-0.39, 0.29) is 11.9 Å². The highest BCUT2D eigenvalue weighted by Gasteiger charge is 2.29. The summed E-state index contributed by atoms with van der Waals surface area (Å²) >= 11 is 0. The van der Waals surface area contributed by atoms with Crippen molar-refractivity contribution in [1.82, 2.24) is 24.9 Å². The molecule has 178 valence electrons. The van der Waals surface area contributed by atoms with Crippen molar-refractivity contribution in [2.24, 2.45) is 5.92 Å². The number of amides is 1. The number of aromatic nitrogens is 2. The number of aliphatic hydroxyl groups excluding tert-OH is 1. The Morgan fingerprint density at radius 3 is 2.52 bits per heavy atom. The highest BCUT2D eigenvalue weighted by Crippen LogP contribution is 2.18. The van der Waals surface area contributed by atoms with Crippen LogP contribution < -0.4 is 5.32 Å². The molecule has 0 aliphatic carbocycles. The third-order valence-electron chi connectivity index (χ3n) is 6.31. The van der Waals surface area contributed by atoms with Crippen LogP contribution in [0.5, 0.6) is 0 Å². The van der Waals surface area contributed by atoms with Crippen LogP contribution in [-0.4, -0.2) is 69.0 Å². The predicted molar refractivity (Wildman–Crippen MR) is 126 cm³/mol. The molecule has 1 aliphatic rings. The summed E-state index contributed by atoms with van der Waals surface area (Å²) in [5.41, 5.74) is 3.57. The summed E-state index contributed by atoms with van der Waals surface area (Å²) in [4.78, 5) is 17.2. The van der Waals surface area contributed by atoms with Crippen LogP contribution in [0.4, 0.5) is 0 Å². The zero-order valence-electron chi connectivity index (χ0n) is 20.7. The minimum Gasteiger partial charge on any atom is -0.376 e. The van der Waals surface area contributed by atoms with Crippen LogP contribution in [-0.2, 0) is 17.9 Å². The summed E-state index contributed by atoms with van der Waals surface area (Å²) in [7, 11) is 0. The molecule has 2 N–H and O–H groups in total. The zero-order chi connectivity index (χ0) is 23.0. The molecule has 0 aromatic carbocycles. The van der Waals surface area contributed by atoms with Crippen LogP contribution in [0.25, 0.3) is 0 Å². The normalized spacial score (nSPS) is 22.1. The maximum absolute atomic E-state index is 12.7. The van der Waals surface area contributed by atoms with Crippen LogP contribution in [0.2, 0.25) is 0 Å². The summed E-state index contributed by atoms with van der Waals surface area (Å²) < 4.78 is 2.10. The molecule has 2 rings (SSSR count). The van der Waals surface area contributed by atoms with E-state index < -0.39 is 6.23 Å². The average Bonchev–Trinajstić information content (AvgIpc) is 2.97. The first-order chi connectivity index (χ1) is 14.8. The molecule has 2 heterocycles. The van der Waals surface area contributed by atoms with Gasteiger partial charge in [0, 0.05) is 56.9 Å². The van der Waals surface area contributed by atoms with E-state index in [4.69, 9.17) is 5.10 Å². The Morgan fingerprint density at radius 1 is 1.13 bits per heavy atom. The van der Waals surface area contributed by atoms with Gasteiger partial charge in [-0.1, -0.05) is 34.1 Å². The van der Waals surface area contributed by atoms with Gasteiger partial charge >= 0.3 is 0 Å². The second-order valence-corrected chi connectivity index (χ2v) is 9.51. The number of nitrogens with one attached hydrogen (secondary N) is 1. The van der Waals surface area contributed by atoms with E-state index in [0.29, 0.717) is 12.3 Å². The van der Waals surface area contributed by atoms with Gasteiger partial charge in [-0.15, -0.1) is 0 Å². The first kappa shape index (κ1) is 25.8. The molecule has 1 amide bonds. The van der Waals surface area contributed by atoms with Crippen LogP contribution in [0.3, 0.4) is 0 Å². The molecule has 7 nitrogen and oxygen atoms in total. The number of nitrogens with zero attached hydrogens (tertiary/aromatic N) is 4. The molecule has 1 unspecified atom stereocenters. The molecule has 31 heavy (non-hydrogen) atoms. The number of carbonyl (C=O) groups is 1. The largest absolute Gasteiger partial charge is 0.376 e. The molecule has 2 atom stereocenters. The van der Waals surface area contributed by atoms with Gasteiger partial charge in [0.2, 0.25) is 5.91 Å². The number of rotatable bonds is 9. The van der Waals surface area contributed by atoms with Crippen LogP contribution in [0.15, 0.2) is 0 Å². The van der Waals surface area contributed by atoms with Crippen LogP contribution >= 0.6 is 0 Å². The molecule has 0 bridgehead atoms. The van der Waals surface area contributed by atoms with Gasteiger partial charge in [-0.3, -0.25) is 19.3 Å². The van der Waals surface area contributed by atoms with Gasteiger partial charge in [0.15, 0.2) is 0 Å². The van der Waals surface area contributed by atoms with Crippen LogP contribution in [0, 0.1) is 19.8 Å². The monoisotopic (exact) mass is 435 g/mol. The van der Waals surface area contributed by atoms with Crippen molar-refractivity contribution in [2.45, 2.75) is 99.0 Å². The number of hydrogen-bond acceptors (Lipinski definition) is 5. The Kier molecular flexibility index (Phi) is 10.5. The lowest BCUT2D eigenvalue weighted by Crippen LogP contribution is -2.55. The van der Waals surface area contributed by atoms with Crippen molar-refractivity contribution in [3.05, 3.63) is 17.0 Å². The fourth-order valence-electron chi connectivity index (χ4n) is 4.45. The predicted octanol–water partition coefficient (Wildman–Crippen LogP) is 3.07. The van der Waals surface area contributed by atoms with Gasteiger partial charge in [-0.2, -0.15) is 5.10 Å². The standard InChI is InChI=1S/C24H45N5O2/c1-7-9-12-28-15-14-27(17-21-19(5)26-29(11-8-2)20(21)6)13-10-23(30)25-22(24(28)31)16-18(3)4/h18,22,24,31H,7-17H2,1-6H3,(H,25,30)/t22-,24?/m0/s1. The molecule has 1 aromatic rings. The van der Waals surface area contributed by atoms with Crippen molar-refractivity contribution < 1.29 is 9.90 Å². The summed E-state index contributed by atoms with van der Waals surface area (Å²) in [6.07, 6.45) is 3.79. The smallest absolute Gasteiger partial charge is 0.221 e. The molecule has 0 saturated carbocycles. The van der Waals surface area contributed by atoms with E-state index in [1.807, 2.05) is 0 Å². The SMILES string of the molecule is CCCCN1CCN(Cc2c(C)nn(CCC)c2C)CCC(=O)N[C@@H](CC(C)C)C1O. The second-order valence-electron chi connectivity index (χ2n) is 9.51. The third-order valence-corrected chi connectivity index (χ3v) is 6.31. The minimum absolute atomic E-state index is 0.0298. The minimum atomic E-state index is -0.645. The molecule has 7 heteroatoms. The quantitative estimate of drug-likeness (QED) is 0.624. The van der Waals surface area contributed by atoms with E-state index in [1.54, 1.807) is 0 Å². The Labute approximate surface area is 189 Å². The average molecular weight is 436 g/mol. The second kappa shape index (κ2) is 12.6. The third kappa shape index (κ3) is 7.58. The fourth-order valence-corrected chi connectivity index (χ4v) is 4.45. The van der Waals surface area contributed by atoms with Gasteiger partial charge in [0.1, 0.15) is 6.23 Å². The number of aliphatic hydroxyl groups is 1. The maximum Gasteiger partial charge on any atom is 0.221 e. The summed E-state index contributed by atoms with van der Waals surface area (Å²) in [5.74, 6) is 0.445. The molecular weight excluding hydrogens is 390 g/mol. The fraction of sp³-hybridized carbons (Fsp3) is 0.833. The van der Waals surface area contributed by atoms with E-state index in [0.717, 1.165) is 70.6 Å². The number of aryl methyl sites for hydroxylation is 2. The molecule has 0 radical (unpaired) electrons. The van der Waals surface area contributed by atoms with Crippen LogP contribution in [0.1, 0.15) is 76.8 Å². The lowest BCUT2D eigenvalue weighted by molar-refractivity contribution is -0.126. The highest BCUT2D eigenvalue weighted by atomic mass is 16.3. The zero-order valence-corrected chi connectivity index (χ0v) is 20.7. The van der Waals surface area contributed by atoms with Gasteiger partial charge in [0.25, 0.3) is 0 Å². The maximum atomic E-state index is 12.7. The molecule has 1 fully saturated rings. The van der Waals surface area contributed by atoms with Crippen molar-refractivity contribution in [2.75, 3.05) is 26.2 Å². The molecule has 1 aliphatic heterocycles. The lowest BCUT2D eigenvalue weighted by Gasteiger charge is -2.37. The van der Waals surface area contributed by atoms with Gasteiger partial charge in [-0.05, 0) is 39.0 Å². The van der Waals surface area contributed by atoms with Crippen molar-refractivity contribution >= 4 is 5.91 Å². The summed E-state index contributed by atoms with van der Waals surface area (Å²) in [6, 6.07) is -0.215. The lowest BCUT2D eigenvalue weighted by atomic mass is 10.0. The number of carbonyl (C=O) groups excluding carboxylic acids is 1. The molecule has 1 aromatic heterocycles.